The summed E-state index contributed by atoms with van der Waals surface area (Å²) in [5, 5.41) is 3.13. The van der Waals surface area contributed by atoms with E-state index in [-0.39, 0.29) is 17.6 Å². The molecule has 1 amide bonds. The maximum absolute atomic E-state index is 13.0. The molecule has 1 heterocycles. The highest BCUT2D eigenvalue weighted by Crippen LogP contribution is 2.20. The van der Waals surface area contributed by atoms with E-state index in [4.69, 9.17) is 0 Å². The molecule has 4 heteroatoms. The Kier molecular flexibility index (Phi) is 6.02. The van der Waals surface area contributed by atoms with Crippen LogP contribution in [0, 0.1) is 11.7 Å². The monoisotopic (exact) mass is 330 g/mol. The fourth-order valence-electron chi connectivity index (χ4n) is 3.61. The van der Waals surface area contributed by atoms with Crippen molar-refractivity contribution in [2.45, 2.75) is 45.1 Å². The van der Waals surface area contributed by atoms with Gasteiger partial charge in [-0.15, -0.1) is 0 Å². The summed E-state index contributed by atoms with van der Waals surface area (Å²) < 4.78 is 13.0. The Morgan fingerprint density at radius 1 is 1.17 bits per heavy atom. The quantitative estimate of drug-likeness (QED) is 0.836. The Bertz CT molecular complexity index is 574. The molecule has 1 saturated heterocycles. The minimum atomic E-state index is -0.192. The molecule has 1 N–H and O–H groups in total. The van der Waals surface area contributed by atoms with Gasteiger partial charge in [0.1, 0.15) is 5.82 Å². The van der Waals surface area contributed by atoms with E-state index in [0.29, 0.717) is 0 Å². The van der Waals surface area contributed by atoms with Crippen molar-refractivity contribution in [1.29, 1.82) is 0 Å². The minimum Gasteiger partial charge on any atom is -0.352 e. The van der Waals surface area contributed by atoms with Gasteiger partial charge in [0.25, 0.3) is 0 Å². The van der Waals surface area contributed by atoms with Gasteiger partial charge < -0.3 is 5.32 Å². The highest BCUT2D eigenvalue weighted by molar-refractivity contribution is 5.79. The maximum atomic E-state index is 13.0. The highest BCUT2D eigenvalue weighted by atomic mass is 19.1. The molecule has 1 aromatic rings. The summed E-state index contributed by atoms with van der Waals surface area (Å²) in [7, 11) is 0. The van der Waals surface area contributed by atoms with Gasteiger partial charge in [-0.25, -0.2) is 4.39 Å². The first-order valence-electron chi connectivity index (χ1n) is 9.13. The van der Waals surface area contributed by atoms with Gasteiger partial charge in [-0.05, 0) is 69.3 Å². The zero-order chi connectivity index (χ0) is 16.8. The van der Waals surface area contributed by atoms with Crippen LogP contribution < -0.4 is 5.32 Å². The first-order chi connectivity index (χ1) is 11.7. The summed E-state index contributed by atoms with van der Waals surface area (Å²) in [4.78, 5) is 14.7. The Balaban J connectivity index is 1.40. The van der Waals surface area contributed by atoms with Gasteiger partial charge in [0.15, 0.2) is 0 Å². The van der Waals surface area contributed by atoms with E-state index in [0.717, 1.165) is 57.4 Å². The molecule has 1 aliphatic heterocycles. The van der Waals surface area contributed by atoms with Crippen LogP contribution in [0.1, 0.15) is 44.1 Å². The van der Waals surface area contributed by atoms with Crippen molar-refractivity contribution in [1.82, 2.24) is 10.2 Å². The van der Waals surface area contributed by atoms with E-state index in [1.165, 1.54) is 30.5 Å². The van der Waals surface area contributed by atoms with Gasteiger partial charge >= 0.3 is 0 Å². The van der Waals surface area contributed by atoms with Gasteiger partial charge in [-0.2, -0.15) is 0 Å². The summed E-state index contributed by atoms with van der Waals surface area (Å²) in [5.41, 5.74) is 2.52. The molecule has 0 atom stereocenters. The number of amides is 1. The molecule has 130 valence electrons. The third-order valence-corrected chi connectivity index (χ3v) is 5.15. The number of allylic oxidation sites excluding steroid dienone is 1. The van der Waals surface area contributed by atoms with Crippen LogP contribution in [0.5, 0.6) is 0 Å². The average molecular weight is 330 g/mol. The minimum absolute atomic E-state index is 0.138. The van der Waals surface area contributed by atoms with Crippen molar-refractivity contribution in [2.24, 2.45) is 5.92 Å². The van der Waals surface area contributed by atoms with Gasteiger partial charge in [-0.3, -0.25) is 9.69 Å². The molecular formula is C20H27FN2O. The van der Waals surface area contributed by atoms with E-state index < -0.39 is 0 Å². The Morgan fingerprint density at radius 3 is 2.58 bits per heavy atom. The smallest absolute Gasteiger partial charge is 0.223 e. The first-order valence-corrected chi connectivity index (χ1v) is 9.13. The van der Waals surface area contributed by atoms with Gasteiger partial charge in [0.2, 0.25) is 5.91 Å². The first kappa shape index (κ1) is 17.2. The molecular weight excluding hydrogens is 303 g/mol. The zero-order valence-electron chi connectivity index (χ0n) is 14.3. The van der Waals surface area contributed by atoms with E-state index in [1.807, 2.05) is 12.1 Å². The number of likely N-dealkylation sites (tertiary alicyclic amines) is 1. The van der Waals surface area contributed by atoms with Crippen LogP contribution in [0.2, 0.25) is 0 Å². The molecule has 0 saturated carbocycles. The molecule has 24 heavy (non-hydrogen) atoms. The molecule has 0 bridgehead atoms. The summed E-state index contributed by atoms with van der Waals surface area (Å²) in [5.74, 6) is 0.156. The molecule has 0 radical (unpaired) electrons. The van der Waals surface area contributed by atoms with Crippen LogP contribution >= 0.6 is 0 Å². The SMILES string of the molecule is O=C(NCC1=CCCCC1)C1CCN(Cc2ccc(F)cc2)CC1. The van der Waals surface area contributed by atoms with E-state index in [2.05, 4.69) is 16.3 Å². The Labute approximate surface area is 143 Å². The number of piperidine rings is 1. The number of hydrogen-bond acceptors (Lipinski definition) is 2. The van der Waals surface area contributed by atoms with Crippen molar-refractivity contribution in [3.8, 4) is 0 Å². The summed E-state index contributed by atoms with van der Waals surface area (Å²) in [6.45, 7) is 3.42. The van der Waals surface area contributed by atoms with Crippen LogP contribution in [0.25, 0.3) is 0 Å². The fraction of sp³-hybridized carbons (Fsp3) is 0.550. The molecule has 1 fully saturated rings. The molecule has 2 aliphatic rings. The molecule has 0 aromatic heterocycles. The lowest BCUT2D eigenvalue weighted by Crippen LogP contribution is -2.40. The normalized spacial score (nSPS) is 19.8. The predicted molar refractivity (Wildman–Crippen MR) is 94.0 cm³/mol. The zero-order valence-corrected chi connectivity index (χ0v) is 14.3. The lowest BCUT2D eigenvalue weighted by molar-refractivity contribution is -0.126. The van der Waals surface area contributed by atoms with E-state index >= 15 is 0 Å². The number of rotatable bonds is 5. The number of hydrogen-bond donors (Lipinski definition) is 1. The van der Waals surface area contributed by atoms with Crippen LogP contribution in [0.3, 0.4) is 0 Å². The second-order valence-corrected chi connectivity index (χ2v) is 7.00. The van der Waals surface area contributed by atoms with Crippen molar-refractivity contribution < 1.29 is 9.18 Å². The summed E-state index contributed by atoms with van der Waals surface area (Å²) in [6.07, 6.45) is 8.93. The number of carbonyl (C=O) groups is 1. The number of nitrogens with one attached hydrogen (secondary N) is 1. The lowest BCUT2D eigenvalue weighted by atomic mass is 9.95. The van der Waals surface area contributed by atoms with Crippen LogP contribution in [0.4, 0.5) is 4.39 Å². The summed E-state index contributed by atoms with van der Waals surface area (Å²) >= 11 is 0. The van der Waals surface area contributed by atoms with Crippen molar-refractivity contribution in [2.75, 3.05) is 19.6 Å². The standard InChI is InChI=1S/C20H27FN2O/c21-19-8-6-17(7-9-19)15-23-12-10-18(11-13-23)20(24)22-14-16-4-2-1-3-5-16/h4,6-9,18H,1-3,5,10-15H2,(H,22,24). The summed E-state index contributed by atoms with van der Waals surface area (Å²) in [6, 6.07) is 6.70. The average Bonchev–Trinajstić information content (AvgIpc) is 2.63. The molecule has 3 nitrogen and oxygen atoms in total. The van der Waals surface area contributed by atoms with Gasteiger partial charge in [-0.1, -0.05) is 23.8 Å². The van der Waals surface area contributed by atoms with Crippen LogP contribution in [0.15, 0.2) is 35.9 Å². The van der Waals surface area contributed by atoms with Gasteiger partial charge in [0.05, 0.1) is 0 Å². The number of nitrogens with zero attached hydrogens (tertiary/aromatic N) is 1. The second kappa shape index (κ2) is 8.43. The van der Waals surface area contributed by atoms with E-state index in [1.54, 1.807) is 0 Å². The van der Waals surface area contributed by atoms with Gasteiger partial charge in [0, 0.05) is 19.0 Å². The van der Waals surface area contributed by atoms with Crippen molar-refractivity contribution >= 4 is 5.91 Å². The lowest BCUT2D eigenvalue weighted by Gasteiger charge is -2.31. The number of halogens is 1. The highest BCUT2D eigenvalue weighted by Gasteiger charge is 2.24. The third-order valence-electron chi connectivity index (χ3n) is 5.15. The Hall–Kier alpha value is -1.68. The second-order valence-electron chi connectivity index (χ2n) is 7.00. The maximum Gasteiger partial charge on any atom is 0.223 e. The van der Waals surface area contributed by atoms with E-state index in [9.17, 15) is 9.18 Å². The third kappa shape index (κ3) is 4.91. The van der Waals surface area contributed by atoms with Crippen LogP contribution in [-0.2, 0) is 11.3 Å². The molecule has 1 aromatic carbocycles. The Morgan fingerprint density at radius 2 is 1.92 bits per heavy atom. The van der Waals surface area contributed by atoms with Crippen molar-refractivity contribution in [3.05, 3.63) is 47.3 Å². The number of carbonyl (C=O) groups excluding carboxylic acids is 1. The molecule has 1 aliphatic carbocycles. The topological polar surface area (TPSA) is 32.3 Å². The molecule has 3 rings (SSSR count). The largest absolute Gasteiger partial charge is 0.352 e. The van der Waals surface area contributed by atoms with Crippen LogP contribution in [-0.4, -0.2) is 30.4 Å². The number of benzene rings is 1. The fourth-order valence-corrected chi connectivity index (χ4v) is 3.61. The molecule has 0 spiro atoms. The van der Waals surface area contributed by atoms with Crippen molar-refractivity contribution in [3.63, 3.8) is 0 Å². The molecule has 0 unspecified atom stereocenters. The predicted octanol–water partition coefficient (Wildman–Crippen LogP) is 3.65.